The molecule has 0 saturated heterocycles. The van der Waals surface area contributed by atoms with E-state index >= 15 is 0 Å². The number of amides is 1. The van der Waals surface area contributed by atoms with E-state index in [2.05, 4.69) is 10.3 Å². The van der Waals surface area contributed by atoms with E-state index < -0.39 is 18.0 Å². The van der Waals surface area contributed by atoms with Crippen molar-refractivity contribution in [3.8, 4) is 0 Å². The second-order valence-electron chi connectivity index (χ2n) is 7.23. The Morgan fingerprint density at radius 2 is 1.93 bits per heavy atom. The van der Waals surface area contributed by atoms with E-state index in [9.17, 15) is 9.59 Å². The van der Waals surface area contributed by atoms with E-state index in [0.717, 1.165) is 47.0 Å². The van der Waals surface area contributed by atoms with Crippen molar-refractivity contribution in [2.24, 2.45) is 0 Å². The number of rotatable bonds is 4. The number of carbonyl (C=O) groups is 2. The Balaban J connectivity index is 1.58. The van der Waals surface area contributed by atoms with Crippen LogP contribution in [0.5, 0.6) is 0 Å². The number of esters is 1. The van der Waals surface area contributed by atoms with Crippen molar-refractivity contribution in [2.75, 3.05) is 5.32 Å². The summed E-state index contributed by atoms with van der Waals surface area (Å²) in [6, 6.07) is 12.8. The first kappa shape index (κ1) is 19.4. The van der Waals surface area contributed by atoms with Gasteiger partial charge in [0.1, 0.15) is 0 Å². The van der Waals surface area contributed by atoms with Crippen LogP contribution in [0.2, 0.25) is 5.02 Å². The van der Waals surface area contributed by atoms with Crippen LogP contribution in [0.25, 0.3) is 10.9 Å². The largest absolute Gasteiger partial charge is 0.449 e. The molecular formula is C23H21ClN2O3. The predicted molar refractivity (Wildman–Crippen MR) is 113 cm³/mol. The number of halogens is 1. The highest BCUT2D eigenvalue weighted by atomic mass is 35.5. The summed E-state index contributed by atoms with van der Waals surface area (Å²) in [5.41, 5.74) is 4.54. The molecule has 2 aromatic carbocycles. The summed E-state index contributed by atoms with van der Waals surface area (Å²) >= 11 is 6.11. The summed E-state index contributed by atoms with van der Waals surface area (Å²) in [6.07, 6.45) is 1.65. The molecule has 0 bridgehead atoms. The molecule has 148 valence electrons. The number of hydrogen-bond acceptors (Lipinski definition) is 4. The quantitative estimate of drug-likeness (QED) is 0.625. The van der Waals surface area contributed by atoms with Crippen LogP contribution < -0.4 is 5.32 Å². The number of pyridine rings is 1. The van der Waals surface area contributed by atoms with Gasteiger partial charge < -0.3 is 10.1 Å². The number of hydrogen-bond donors (Lipinski definition) is 1. The Hall–Kier alpha value is -2.92. The number of para-hydroxylation sites is 1. The third kappa shape index (κ3) is 3.70. The smallest absolute Gasteiger partial charge is 0.339 e. The molecule has 1 atom stereocenters. The molecule has 4 rings (SSSR count). The van der Waals surface area contributed by atoms with Gasteiger partial charge in [0.2, 0.25) is 0 Å². The van der Waals surface area contributed by atoms with Gasteiger partial charge in [-0.25, -0.2) is 4.79 Å². The maximum absolute atomic E-state index is 13.1. The van der Waals surface area contributed by atoms with Crippen molar-refractivity contribution in [1.29, 1.82) is 0 Å². The van der Waals surface area contributed by atoms with Crippen LogP contribution in [0, 0.1) is 6.92 Å². The lowest BCUT2D eigenvalue weighted by atomic mass is 10.0. The van der Waals surface area contributed by atoms with Gasteiger partial charge in [-0.05, 0) is 62.4 Å². The lowest BCUT2D eigenvalue weighted by Gasteiger charge is -2.17. The van der Waals surface area contributed by atoms with Gasteiger partial charge in [0.05, 0.1) is 11.1 Å². The highest BCUT2D eigenvalue weighted by Gasteiger charge is 2.27. The summed E-state index contributed by atoms with van der Waals surface area (Å²) in [5.74, 6) is -0.897. The van der Waals surface area contributed by atoms with Gasteiger partial charge in [-0.2, -0.15) is 0 Å². The second-order valence-corrected chi connectivity index (χ2v) is 7.64. The minimum Gasteiger partial charge on any atom is -0.449 e. The first-order valence-electron chi connectivity index (χ1n) is 9.63. The molecule has 1 aromatic heterocycles. The number of aryl methyl sites for hydroxylation is 1. The molecule has 1 aliphatic carbocycles. The van der Waals surface area contributed by atoms with E-state index in [1.807, 2.05) is 31.2 Å². The summed E-state index contributed by atoms with van der Waals surface area (Å²) in [4.78, 5) is 30.3. The van der Waals surface area contributed by atoms with Gasteiger partial charge in [0.25, 0.3) is 5.91 Å². The lowest BCUT2D eigenvalue weighted by Crippen LogP contribution is -2.30. The standard InChI is InChI=1S/C23H21ClN2O3/c1-13-17(24)9-6-11-18(13)26-22(27)14(2)29-23(28)21-15-7-3-4-10-19(15)25-20-12-5-8-16(20)21/h3-4,6-7,9-11,14H,5,8,12H2,1-2H3,(H,26,27)/t14-/m0/s1. The molecule has 1 aliphatic rings. The van der Waals surface area contributed by atoms with Crippen LogP contribution in [-0.4, -0.2) is 23.0 Å². The van der Waals surface area contributed by atoms with E-state index in [4.69, 9.17) is 16.3 Å². The minimum absolute atomic E-state index is 0.404. The fourth-order valence-corrected chi connectivity index (χ4v) is 3.87. The maximum atomic E-state index is 13.1. The molecule has 5 nitrogen and oxygen atoms in total. The topological polar surface area (TPSA) is 68.3 Å². The van der Waals surface area contributed by atoms with Gasteiger partial charge in [-0.15, -0.1) is 0 Å². The van der Waals surface area contributed by atoms with Crippen molar-refractivity contribution >= 4 is 40.1 Å². The fraction of sp³-hybridized carbons (Fsp3) is 0.261. The highest BCUT2D eigenvalue weighted by molar-refractivity contribution is 6.31. The van der Waals surface area contributed by atoms with Crippen LogP contribution in [-0.2, 0) is 22.4 Å². The van der Waals surface area contributed by atoms with Gasteiger partial charge >= 0.3 is 5.97 Å². The Labute approximate surface area is 174 Å². The lowest BCUT2D eigenvalue weighted by molar-refractivity contribution is -0.123. The second kappa shape index (κ2) is 7.84. The Morgan fingerprint density at radius 1 is 1.14 bits per heavy atom. The summed E-state index contributed by atoms with van der Waals surface area (Å²) in [6.45, 7) is 3.39. The SMILES string of the molecule is Cc1c(Cl)cccc1NC(=O)[C@H](C)OC(=O)c1c2c(nc3ccccc13)CCC2. The molecule has 3 aromatic rings. The van der Waals surface area contributed by atoms with Crippen molar-refractivity contribution < 1.29 is 14.3 Å². The molecule has 0 radical (unpaired) electrons. The molecule has 0 saturated carbocycles. The average Bonchev–Trinajstić information content (AvgIpc) is 3.17. The van der Waals surface area contributed by atoms with Gasteiger partial charge in [-0.3, -0.25) is 9.78 Å². The number of nitrogens with one attached hydrogen (secondary N) is 1. The van der Waals surface area contributed by atoms with E-state index in [-0.39, 0.29) is 0 Å². The number of ether oxygens (including phenoxy) is 1. The molecule has 29 heavy (non-hydrogen) atoms. The number of carbonyl (C=O) groups excluding carboxylic acids is 2. The first-order chi connectivity index (χ1) is 14.0. The summed E-state index contributed by atoms with van der Waals surface area (Å²) < 4.78 is 5.56. The number of nitrogens with zero attached hydrogens (tertiary/aromatic N) is 1. The average molecular weight is 409 g/mol. The number of fused-ring (bicyclic) bond motifs is 2. The Kier molecular flexibility index (Phi) is 5.24. The zero-order valence-corrected chi connectivity index (χ0v) is 17.0. The van der Waals surface area contributed by atoms with E-state index in [1.54, 1.807) is 25.1 Å². The normalized spacial score (nSPS) is 13.8. The molecule has 0 unspecified atom stereocenters. The molecule has 1 amide bonds. The minimum atomic E-state index is -0.954. The van der Waals surface area contributed by atoms with Gasteiger partial charge in [0.15, 0.2) is 6.10 Å². The molecule has 0 fully saturated rings. The molecular weight excluding hydrogens is 388 g/mol. The van der Waals surface area contributed by atoms with E-state index in [1.165, 1.54) is 0 Å². The summed E-state index contributed by atoms with van der Waals surface area (Å²) in [7, 11) is 0. The van der Waals surface area contributed by atoms with Crippen molar-refractivity contribution in [3.63, 3.8) is 0 Å². The van der Waals surface area contributed by atoms with Crippen molar-refractivity contribution in [3.05, 3.63) is 69.9 Å². The zero-order chi connectivity index (χ0) is 20.5. The number of benzene rings is 2. The number of aromatic nitrogens is 1. The molecule has 1 heterocycles. The van der Waals surface area contributed by atoms with Crippen LogP contribution in [0.1, 0.15) is 40.5 Å². The van der Waals surface area contributed by atoms with Crippen molar-refractivity contribution in [2.45, 2.75) is 39.2 Å². The number of anilines is 1. The zero-order valence-electron chi connectivity index (χ0n) is 16.3. The van der Waals surface area contributed by atoms with Crippen LogP contribution in [0.3, 0.4) is 0 Å². The fourth-order valence-electron chi connectivity index (χ4n) is 3.69. The van der Waals surface area contributed by atoms with Gasteiger partial charge in [-0.1, -0.05) is 35.9 Å². The Morgan fingerprint density at radius 3 is 2.76 bits per heavy atom. The van der Waals surface area contributed by atoms with Crippen molar-refractivity contribution in [1.82, 2.24) is 4.98 Å². The van der Waals surface area contributed by atoms with E-state index in [0.29, 0.717) is 16.3 Å². The molecule has 0 spiro atoms. The first-order valence-corrected chi connectivity index (χ1v) is 10.0. The molecule has 0 aliphatic heterocycles. The van der Waals surface area contributed by atoms with Crippen LogP contribution in [0.4, 0.5) is 5.69 Å². The molecule has 1 N–H and O–H groups in total. The molecule has 6 heteroatoms. The third-order valence-corrected chi connectivity index (χ3v) is 5.71. The summed E-state index contributed by atoms with van der Waals surface area (Å²) in [5, 5.41) is 4.11. The van der Waals surface area contributed by atoms with Crippen LogP contribution >= 0.6 is 11.6 Å². The van der Waals surface area contributed by atoms with Crippen LogP contribution in [0.15, 0.2) is 42.5 Å². The maximum Gasteiger partial charge on any atom is 0.339 e. The third-order valence-electron chi connectivity index (χ3n) is 5.30. The Bertz CT molecular complexity index is 1130. The monoisotopic (exact) mass is 408 g/mol. The van der Waals surface area contributed by atoms with Gasteiger partial charge in [0, 0.05) is 21.8 Å². The highest BCUT2D eigenvalue weighted by Crippen LogP contribution is 2.31. The predicted octanol–water partition coefficient (Wildman–Crippen LogP) is 4.87.